The van der Waals surface area contributed by atoms with Crippen molar-refractivity contribution in [1.82, 2.24) is 10.2 Å². The molecule has 0 aromatic heterocycles. The van der Waals surface area contributed by atoms with E-state index in [1.54, 1.807) is 7.11 Å². The quantitative estimate of drug-likeness (QED) is 0.789. The van der Waals surface area contributed by atoms with Crippen molar-refractivity contribution >= 4 is 5.91 Å². The van der Waals surface area contributed by atoms with Gasteiger partial charge in [-0.15, -0.1) is 0 Å². The number of carbonyl (C=O) groups excluding carboxylic acids is 1. The number of rotatable bonds is 5. The van der Waals surface area contributed by atoms with Crippen LogP contribution in [0.1, 0.15) is 33.6 Å². The second kappa shape index (κ2) is 6.36. The van der Waals surface area contributed by atoms with Crippen LogP contribution in [0.2, 0.25) is 0 Å². The molecular formula is C13H26N2O2. The van der Waals surface area contributed by atoms with Gasteiger partial charge in [-0.2, -0.15) is 0 Å². The minimum atomic E-state index is -0.191. The Labute approximate surface area is 105 Å². The SMILES string of the molecule is COCCN(C(=O)C1(C)CCNCC1)C(C)C. The summed E-state index contributed by atoms with van der Waals surface area (Å²) in [7, 11) is 1.68. The molecule has 1 amide bonds. The van der Waals surface area contributed by atoms with Gasteiger partial charge in [-0.3, -0.25) is 4.79 Å². The number of piperidine rings is 1. The van der Waals surface area contributed by atoms with E-state index in [0.717, 1.165) is 25.9 Å². The maximum Gasteiger partial charge on any atom is 0.228 e. The zero-order chi connectivity index (χ0) is 12.9. The molecule has 0 bridgehead atoms. The Kier molecular flexibility index (Phi) is 5.40. The molecule has 0 radical (unpaired) electrons. The predicted octanol–water partition coefficient (Wildman–Crippen LogP) is 1.26. The summed E-state index contributed by atoms with van der Waals surface area (Å²) in [5, 5.41) is 3.31. The minimum absolute atomic E-state index is 0.191. The van der Waals surface area contributed by atoms with E-state index in [1.165, 1.54) is 0 Å². The molecule has 0 aromatic rings. The molecule has 0 atom stereocenters. The van der Waals surface area contributed by atoms with Crippen LogP contribution in [0.25, 0.3) is 0 Å². The van der Waals surface area contributed by atoms with Crippen molar-refractivity contribution < 1.29 is 9.53 Å². The lowest BCUT2D eigenvalue weighted by atomic mass is 9.79. The number of ether oxygens (including phenoxy) is 1. The maximum absolute atomic E-state index is 12.6. The lowest BCUT2D eigenvalue weighted by Crippen LogP contribution is -2.50. The molecule has 0 saturated carbocycles. The molecule has 1 rings (SSSR count). The van der Waals surface area contributed by atoms with Gasteiger partial charge in [0, 0.05) is 25.1 Å². The second-order valence-electron chi connectivity index (χ2n) is 5.40. The molecule has 1 N–H and O–H groups in total. The van der Waals surface area contributed by atoms with Crippen LogP contribution in [-0.2, 0) is 9.53 Å². The number of hydrogen-bond acceptors (Lipinski definition) is 3. The minimum Gasteiger partial charge on any atom is -0.383 e. The largest absolute Gasteiger partial charge is 0.383 e. The number of methoxy groups -OCH3 is 1. The van der Waals surface area contributed by atoms with Crippen molar-refractivity contribution in [3.05, 3.63) is 0 Å². The van der Waals surface area contributed by atoms with Gasteiger partial charge in [0.25, 0.3) is 0 Å². The van der Waals surface area contributed by atoms with Crippen molar-refractivity contribution in [3.8, 4) is 0 Å². The van der Waals surface area contributed by atoms with Crippen molar-refractivity contribution in [3.63, 3.8) is 0 Å². The Hall–Kier alpha value is -0.610. The summed E-state index contributed by atoms with van der Waals surface area (Å²) in [6.07, 6.45) is 1.87. The molecule has 1 fully saturated rings. The van der Waals surface area contributed by atoms with Crippen LogP contribution < -0.4 is 5.32 Å². The van der Waals surface area contributed by atoms with Gasteiger partial charge in [0.1, 0.15) is 0 Å². The molecule has 1 saturated heterocycles. The molecule has 0 unspecified atom stereocenters. The molecule has 1 heterocycles. The molecule has 0 spiro atoms. The number of amides is 1. The molecule has 4 nitrogen and oxygen atoms in total. The van der Waals surface area contributed by atoms with E-state index < -0.39 is 0 Å². The summed E-state index contributed by atoms with van der Waals surface area (Å²) in [4.78, 5) is 14.6. The molecule has 17 heavy (non-hydrogen) atoms. The van der Waals surface area contributed by atoms with Crippen molar-refractivity contribution in [2.75, 3.05) is 33.4 Å². The highest BCUT2D eigenvalue weighted by molar-refractivity contribution is 5.82. The lowest BCUT2D eigenvalue weighted by Gasteiger charge is -2.39. The molecule has 4 heteroatoms. The van der Waals surface area contributed by atoms with E-state index in [2.05, 4.69) is 26.1 Å². The second-order valence-corrected chi connectivity index (χ2v) is 5.40. The first-order chi connectivity index (χ1) is 8.01. The zero-order valence-corrected chi connectivity index (χ0v) is 11.6. The van der Waals surface area contributed by atoms with Gasteiger partial charge in [0.15, 0.2) is 0 Å². The Morgan fingerprint density at radius 1 is 1.41 bits per heavy atom. The van der Waals surface area contributed by atoms with E-state index in [1.807, 2.05) is 4.90 Å². The fraction of sp³-hybridized carbons (Fsp3) is 0.923. The first-order valence-corrected chi connectivity index (χ1v) is 6.52. The van der Waals surface area contributed by atoms with Gasteiger partial charge >= 0.3 is 0 Å². The van der Waals surface area contributed by atoms with Crippen LogP contribution in [-0.4, -0.2) is 50.2 Å². The third-order valence-corrected chi connectivity index (χ3v) is 3.64. The first-order valence-electron chi connectivity index (χ1n) is 6.52. The Morgan fingerprint density at radius 2 is 2.00 bits per heavy atom. The number of nitrogens with one attached hydrogen (secondary N) is 1. The summed E-state index contributed by atoms with van der Waals surface area (Å²) in [6.45, 7) is 9.42. The van der Waals surface area contributed by atoms with Crippen LogP contribution in [0, 0.1) is 5.41 Å². The van der Waals surface area contributed by atoms with E-state index in [-0.39, 0.29) is 17.4 Å². The highest BCUT2D eigenvalue weighted by Gasteiger charge is 2.38. The maximum atomic E-state index is 12.6. The van der Waals surface area contributed by atoms with Crippen molar-refractivity contribution in [1.29, 1.82) is 0 Å². The number of nitrogens with zero attached hydrogens (tertiary/aromatic N) is 1. The predicted molar refractivity (Wildman–Crippen MR) is 68.9 cm³/mol. The monoisotopic (exact) mass is 242 g/mol. The van der Waals surface area contributed by atoms with Gasteiger partial charge in [0.05, 0.1) is 6.61 Å². The third kappa shape index (κ3) is 3.68. The van der Waals surface area contributed by atoms with Crippen LogP contribution >= 0.6 is 0 Å². The fourth-order valence-electron chi connectivity index (χ4n) is 2.32. The summed E-state index contributed by atoms with van der Waals surface area (Å²) < 4.78 is 5.09. The van der Waals surface area contributed by atoms with Crippen LogP contribution in [0.3, 0.4) is 0 Å². The molecule has 0 aromatic carbocycles. The van der Waals surface area contributed by atoms with Crippen molar-refractivity contribution in [2.24, 2.45) is 5.41 Å². The summed E-state index contributed by atoms with van der Waals surface area (Å²) in [6, 6.07) is 0.240. The van der Waals surface area contributed by atoms with Crippen LogP contribution in [0.4, 0.5) is 0 Å². The van der Waals surface area contributed by atoms with E-state index in [4.69, 9.17) is 4.74 Å². The van der Waals surface area contributed by atoms with E-state index in [0.29, 0.717) is 13.2 Å². The average molecular weight is 242 g/mol. The topological polar surface area (TPSA) is 41.6 Å². The third-order valence-electron chi connectivity index (χ3n) is 3.64. The Bertz CT molecular complexity index is 248. The molecule has 1 aliphatic heterocycles. The van der Waals surface area contributed by atoms with Gasteiger partial charge in [-0.05, 0) is 39.8 Å². The molecule has 0 aliphatic carbocycles. The highest BCUT2D eigenvalue weighted by Crippen LogP contribution is 2.30. The number of carbonyl (C=O) groups is 1. The standard InChI is InChI=1S/C13H26N2O2/c1-11(2)15(9-10-17-4)12(16)13(3)5-7-14-8-6-13/h11,14H,5-10H2,1-4H3. The van der Waals surface area contributed by atoms with Gasteiger partial charge in [0.2, 0.25) is 5.91 Å². The molecule has 100 valence electrons. The Balaban J connectivity index is 2.68. The average Bonchev–Trinajstić information content (AvgIpc) is 2.30. The van der Waals surface area contributed by atoms with Crippen LogP contribution in [0.5, 0.6) is 0 Å². The highest BCUT2D eigenvalue weighted by atomic mass is 16.5. The fourth-order valence-corrected chi connectivity index (χ4v) is 2.32. The normalized spacial score (nSPS) is 19.4. The molecule has 1 aliphatic rings. The first kappa shape index (κ1) is 14.5. The Morgan fingerprint density at radius 3 is 2.47 bits per heavy atom. The number of hydrogen-bond donors (Lipinski definition) is 1. The van der Waals surface area contributed by atoms with Gasteiger partial charge < -0.3 is 15.0 Å². The van der Waals surface area contributed by atoms with Crippen LogP contribution in [0.15, 0.2) is 0 Å². The zero-order valence-electron chi connectivity index (χ0n) is 11.6. The smallest absolute Gasteiger partial charge is 0.228 e. The molecular weight excluding hydrogens is 216 g/mol. The van der Waals surface area contributed by atoms with Crippen molar-refractivity contribution in [2.45, 2.75) is 39.7 Å². The van der Waals surface area contributed by atoms with Gasteiger partial charge in [-0.1, -0.05) is 6.92 Å². The lowest BCUT2D eigenvalue weighted by molar-refractivity contribution is -0.145. The summed E-state index contributed by atoms with van der Waals surface area (Å²) in [5.41, 5.74) is -0.191. The van der Waals surface area contributed by atoms with E-state index in [9.17, 15) is 4.79 Å². The summed E-state index contributed by atoms with van der Waals surface area (Å²) >= 11 is 0. The van der Waals surface area contributed by atoms with E-state index >= 15 is 0 Å². The summed E-state index contributed by atoms with van der Waals surface area (Å²) in [5.74, 6) is 0.283. The van der Waals surface area contributed by atoms with Gasteiger partial charge in [-0.25, -0.2) is 0 Å².